The number of benzene rings is 1. The van der Waals surface area contributed by atoms with E-state index in [2.05, 4.69) is 15.0 Å². The lowest BCUT2D eigenvalue weighted by Gasteiger charge is -2.12. The summed E-state index contributed by atoms with van der Waals surface area (Å²) in [7, 11) is 2.82. The van der Waals surface area contributed by atoms with E-state index < -0.39 is 12.5 Å². The number of carbonyl (C=O) groups is 1. The van der Waals surface area contributed by atoms with Gasteiger partial charge in [-0.25, -0.2) is 4.98 Å². The Morgan fingerprint density at radius 2 is 1.96 bits per heavy atom. The Labute approximate surface area is 137 Å². The largest absolute Gasteiger partial charge is 0.493 e. The molecular weight excluding hydrogens is 322 g/mol. The van der Waals surface area contributed by atoms with Gasteiger partial charge in [0.1, 0.15) is 0 Å². The minimum absolute atomic E-state index is 0.116. The molecule has 0 aliphatic carbocycles. The van der Waals surface area contributed by atoms with Crippen LogP contribution in [0, 0.1) is 0 Å². The van der Waals surface area contributed by atoms with Gasteiger partial charge in [-0.1, -0.05) is 0 Å². The molecule has 1 aromatic carbocycles. The van der Waals surface area contributed by atoms with Gasteiger partial charge in [0, 0.05) is 24.4 Å². The van der Waals surface area contributed by atoms with Gasteiger partial charge in [0.05, 0.1) is 14.2 Å². The Morgan fingerprint density at radius 3 is 2.62 bits per heavy atom. The Kier molecular flexibility index (Phi) is 5.89. The summed E-state index contributed by atoms with van der Waals surface area (Å²) in [5, 5.41) is 2.68. The summed E-state index contributed by atoms with van der Waals surface area (Å²) in [4.78, 5) is 16.1. The maximum absolute atomic E-state index is 12.4. The first-order valence-electron chi connectivity index (χ1n) is 6.93. The normalized spacial score (nSPS) is 10.4. The summed E-state index contributed by atoms with van der Waals surface area (Å²) < 4.78 is 39.1. The predicted octanol–water partition coefficient (Wildman–Crippen LogP) is 2.63. The fourth-order valence-corrected chi connectivity index (χ4v) is 1.96. The van der Waals surface area contributed by atoms with Crippen LogP contribution in [0.1, 0.15) is 15.9 Å². The average molecular weight is 338 g/mol. The van der Waals surface area contributed by atoms with Crippen molar-refractivity contribution in [3.8, 4) is 17.4 Å². The fraction of sp³-hybridized carbons (Fsp3) is 0.250. The molecule has 1 amide bonds. The van der Waals surface area contributed by atoms with Gasteiger partial charge < -0.3 is 19.5 Å². The summed E-state index contributed by atoms with van der Waals surface area (Å²) in [6, 6.07) is 7.46. The SMILES string of the molecule is COc1cc(CNC(=O)c2ccc(OC)c(OC(F)F)c2)ccn1. The Balaban J connectivity index is 2.08. The quantitative estimate of drug-likeness (QED) is 0.840. The van der Waals surface area contributed by atoms with Crippen molar-refractivity contribution in [3.63, 3.8) is 0 Å². The smallest absolute Gasteiger partial charge is 0.387 e. The van der Waals surface area contributed by atoms with Gasteiger partial charge in [-0.2, -0.15) is 8.78 Å². The molecule has 0 saturated carbocycles. The van der Waals surface area contributed by atoms with Crippen molar-refractivity contribution in [1.82, 2.24) is 10.3 Å². The summed E-state index contributed by atoms with van der Waals surface area (Å²) in [6.07, 6.45) is 1.56. The highest BCUT2D eigenvalue weighted by atomic mass is 19.3. The van der Waals surface area contributed by atoms with Crippen LogP contribution in [0.15, 0.2) is 36.5 Å². The van der Waals surface area contributed by atoms with E-state index in [1.54, 1.807) is 18.3 Å². The number of carbonyl (C=O) groups excluding carboxylic acids is 1. The lowest BCUT2D eigenvalue weighted by molar-refractivity contribution is -0.0512. The van der Waals surface area contributed by atoms with E-state index in [0.29, 0.717) is 5.88 Å². The number of alkyl halides is 2. The van der Waals surface area contributed by atoms with E-state index in [-0.39, 0.29) is 23.6 Å². The first kappa shape index (κ1) is 17.5. The topological polar surface area (TPSA) is 69.7 Å². The van der Waals surface area contributed by atoms with Crippen molar-refractivity contribution < 1.29 is 27.8 Å². The van der Waals surface area contributed by atoms with Gasteiger partial charge in [-0.3, -0.25) is 4.79 Å². The Morgan fingerprint density at radius 1 is 1.17 bits per heavy atom. The summed E-state index contributed by atoms with van der Waals surface area (Å²) in [5.41, 5.74) is 0.959. The number of aromatic nitrogens is 1. The average Bonchev–Trinajstić information content (AvgIpc) is 2.59. The predicted molar refractivity (Wildman–Crippen MR) is 81.6 cm³/mol. The third-order valence-electron chi connectivity index (χ3n) is 3.10. The number of pyridine rings is 1. The summed E-state index contributed by atoms with van der Waals surface area (Å²) in [6.45, 7) is -2.78. The van der Waals surface area contributed by atoms with Crippen LogP contribution in [0.2, 0.25) is 0 Å². The number of rotatable bonds is 7. The number of amides is 1. The molecule has 0 atom stereocenters. The zero-order chi connectivity index (χ0) is 17.5. The van der Waals surface area contributed by atoms with Crippen LogP contribution in [-0.2, 0) is 6.54 Å². The van der Waals surface area contributed by atoms with Crippen molar-refractivity contribution >= 4 is 5.91 Å². The third kappa shape index (κ3) is 4.55. The van der Waals surface area contributed by atoms with Gasteiger partial charge in [0.2, 0.25) is 5.88 Å². The van der Waals surface area contributed by atoms with E-state index in [4.69, 9.17) is 9.47 Å². The molecule has 0 spiro atoms. The van der Waals surface area contributed by atoms with Crippen LogP contribution >= 0.6 is 0 Å². The molecule has 8 heteroatoms. The molecule has 1 heterocycles. The molecule has 0 bridgehead atoms. The Bertz CT molecular complexity index is 710. The van der Waals surface area contributed by atoms with Gasteiger partial charge in [-0.15, -0.1) is 0 Å². The standard InChI is InChI=1S/C16H16F2N2O4/c1-22-12-4-3-11(8-13(12)24-16(17)18)15(21)20-9-10-5-6-19-14(7-10)23-2/h3-8,16H,9H2,1-2H3,(H,20,21). The maximum Gasteiger partial charge on any atom is 0.387 e. The van der Waals surface area contributed by atoms with Crippen LogP contribution in [0.25, 0.3) is 0 Å². The molecule has 0 radical (unpaired) electrons. The van der Waals surface area contributed by atoms with Crippen LogP contribution in [0.3, 0.4) is 0 Å². The highest BCUT2D eigenvalue weighted by Gasteiger charge is 2.14. The van der Waals surface area contributed by atoms with Crippen molar-refractivity contribution in [2.45, 2.75) is 13.2 Å². The molecule has 1 N–H and O–H groups in total. The molecule has 24 heavy (non-hydrogen) atoms. The second kappa shape index (κ2) is 8.09. The number of nitrogens with zero attached hydrogens (tertiary/aromatic N) is 1. The zero-order valence-corrected chi connectivity index (χ0v) is 13.1. The monoisotopic (exact) mass is 338 g/mol. The molecule has 0 aliphatic rings. The molecule has 0 fully saturated rings. The minimum atomic E-state index is -3.01. The first-order chi connectivity index (χ1) is 11.5. The highest BCUT2D eigenvalue weighted by Crippen LogP contribution is 2.29. The van der Waals surface area contributed by atoms with E-state index in [9.17, 15) is 13.6 Å². The van der Waals surface area contributed by atoms with E-state index >= 15 is 0 Å². The van der Waals surface area contributed by atoms with E-state index in [1.165, 1.54) is 32.4 Å². The Hall–Kier alpha value is -2.90. The maximum atomic E-state index is 12.4. The molecule has 0 aliphatic heterocycles. The number of hydrogen-bond donors (Lipinski definition) is 1. The number of halogens is 2. The van der Waals surface area contributed by atoms with Crippen molar-refractivity contribution in [1.29, 1.82) is 0 Å². The van der Waals surface area contributed by atoms with Gasteiger partial charge >= 0.3 is 6.61 Å². The van der Waals surface area contributed by atoms with Gasteiger partial charge in [0.25, 0.3) is 5.91 Å². The van der Waals surface area contributed by atoms with Gasteiger partial charge in [-0.05, 0) is 29.8 Å². The zero-order valence-electron chi connectivity index (χ0n) is 13.1. The molecule has 6 nitrogen and oxygen atoms in total. The number of ether oxygens (including phenoxy) is 3. The van der Waals surface area contributed by atoms with Crippen LogP contribution < -0.4 is 19.5 Å². The van der Waals surface area contributed by atoms with Crippen LogP contribution in [-0.4, -0.2) is 31.7 Å². The molecule has 0 unspecified atom stereocenters. The number of hydrogen-bond acceptors (Lipinski definition) is 5. The lowest BCUT2D eigenvalue weighted by Crippen LogP contribution is -2.23. The minimum Gasteiger partial charge on any atom is -0.493 e. The van der Waals surface area contributed by atoms with E-state index in [1.807, 2.05) is 0 Å². The number of nitrogens with one attached hydrogen (secondary N) is 1. The fourth-order valence-electron chi connectivity index (χ4n) is 1.96. The van der Waals surface area contributed by atoms with Crippen molar-refractivity contribution in [3.05, 3.63) is 47.7 Å². The molecule has 128 valence electrons. The molecule has 2 rings (SSSR count). The third-order valence-corrected chi connectivity index (χ3v) is 3.10. The first-order valence-corrected chi connectivity index (χ1v) is 6.93. The molecular formula is C16H16F2N2O4. The van der Waals surface area contributed by atoms with Crippen molar-refractivity contribution in [2.75, 3.05) is 14.2 Å². The molecule has 2 aromatic rings. The summed E-state index contributed by atoms with van der Waals surface area (Å²) in [5.74, 6) is -0.0946. The highest BCUT2D eigenvalue weighted by molar-refractivity contribution is 5.94. The lowest BCUT2D eigenvalue weighted by atomic mass is 10.1. The van der Waals surface area contributed by atoms with Crippen LogP contribution in [0.4, 0.5) is 8.78 Å². The second-order valence-corrected chi connectivity index (χ2v) is 4.63. The molecule has 1 aromatic heterocycles. The van der Waals surface area contributed by atoms with Crippen LogP contribution in [0.5, 0.6) is 17.4 Å². The van der Waals surface area contributed by atoms with Gasteiger partial charge in [0.15, 0.2) is 11.5 Å². The second-order valence-electron chi connectivity index (χ2n) is 4.63. The number of methoxy groups -OCH3 is 2. The molecule has 0 saturated heterocycles. The van der Waals surface area contributed by atoms with Crippen molar-refractivity contribution in [2.24, 2.45) is 0 Å². The van der Waals surface area contributed by atoms with E-state index in [0.717, 1.165) is 5.56 Å². The summed E-state index contributed by atoms with van der Waals surface area (Å²) >= 11 is 0.